The first-order valence-electron chi connectivity index (χ1n) is 8.11. The second-order valence-corrected chi connectivity index (χ2v) is 7.35. The molecule has 2 atom stereocenters. The monoisotopic (exact) mass is 337 g/mol. The molecular formula is C19H22F3NO. The minimum absolute atomic E-state index is 0.00546. The Kier molecular flexibility index (Phi) is 3.93. The average molecular weight is 337 g/mol. The van der Waals surface area contributed by atoms with Gasteiger partial charge in [-0.1, -0.05) is 18.2 Å². The first kappa shape index (κ1) is 16.9. The molecule has 0 saturated carbocycles. The lowest BCUT2D eigenvalue weighted by atomic mass is 9.69. The van der Waals surface area contributed by atoms with Crippen LogP contribution < -0.4 is 0 Å². The molecule has 2 nitrogen and oxygen atoms in total. The van der Waals surface area contributed by atoms with Gasteiger partial charge < -0.3 is 10.0 Å². The van der Waals surface area contributed by atoms with Crippen molar-refractivity contribution in [2.24, 2.45) is 5.92 Å². The fraction of sp³-hybridized carbons (Fsp3) is 0.474. The summed E-state index contributed by atoms with van der Waals surface area (Å²) in [6, 6.07) is 5.68. The molecule has 1 saturated heterocycles. The molecule has 1 aliphatic heterocycles. The van der Waals surface area contributed by atoms with Gasteiger partial charge >= 0.3 is 6.18 Å². The molecule has 0 aromatic heterocycles. The molecule has 1 N–H and O–H groups in total. The van der Waals surface area contributed by atoms with Gasteiger partial charge in [0.15, 0.2) is 0 Å². The summed E-state index contributed by atoms with van der Waals surface area (Å²) in [4.78, 5) is 2.14. The van der Waals surface area contributed by atoms with Crippen LogP contribution in [0.3, 0.4) is 0 Å². The van der Waals surface area contributed by atoms with Gasteiger partial charge in [-0.15, -0.1) is 0 Å². The predicted molar refractivity (Wildman–Crippen MR) is 87.5 cm³/mol. The molecule has 0 spiro atoms. The zero-order valence-corrected chi connectivity index (χ0v) is 14.1. The summed E-state index contributed by atoms with van der Waals surface area (Å²) in [7, 11) is 1.99. The van der Waals surface area contributed by atoms with Crippen LogP contribution in [-0.4, -0.2) is 22.6 Å². The molecule has 2 aliphatic rings. The van der Waals surface area contributed by atoms with Gasteiger partial charge in [0.2, 0.25) is 0 Å². The maximum Gasteiger partial charge on any atom is 0.416 e. The third-order valence-corrected chi connectivity index (χ3v) is 5.40. The van der Waals surface area contributed by atoms with Gasteiger partial charge in [0.25, 0.3) is 0 Å². The number of aliphatic hydroxyl groups excluding tert-OH is 1. The van der Waals surface area contributed by atoms with Crippen molar-refractivity contribution >= 4 is 0 Å². The average Bonchev–Trinajstić information content (AvgIpc) is 2.50. The minimum Gasteiger partial charge on any atom is -0.508 e. The highest BCUT2D eigenvalue weighted by molar-refractivity contribution is 5.36. The van der Waals surface area contributed by atoms with Crippen molar-refractivity contribution < 1.29 is 18.3 Å². The van der Waals surface area contributed by atoms with Crippen molar-refractivity contribution in [3.05, 3.63) is 59.0 Å². The summed E-state index contributed by atoms with van der Waals surface area (Å²) >= 11 is 0. The largest absolute Gasteiger partial charge is 0.508 e. The zero-order valence-electron chi connectivity index (χ0n) is 14.1. The third-order valence-electron chi connectivity index (χ3n) is 5.40. The maximum absolute atomic E-state index is 13.1. The van der Waals surface area contributed by atoms with E-state index in [4.69, 9.17) is 0 Å². The van der Waals surface area contributed by atoms with Gasteiger partial charge in [-0.25, -0.2) is 0 Å². The van der Waals surface area contributed by atoms with Crippen LogP contribution in [0.5, 0.6) is 0 Å². The molecule has 0 radical (unpaired) electrons. The van der Waals surface area contributed by atoms with E-state index in [0.717, 1.165) is 23.7 Å². The fourth-order valence-electron chi connectivity index (χ4n) is 3.86. The van der Waals surface area contributed by atoms with Crippen molar-refractivity contribution in [1.29, 1.82) is 0 Å². The molecule has 1 aliphatic carbocycles. The molecule has 1 aromatic rings. The molecule has 1 heterocycles. The molecule has 130 valence electrons. The van der Waals surface area contributed by atoms with Crippen molar-refractivity contribution in [3.63, 3.8) is 0 Å². The van der Waals surface area contributed by atoms with Crippen molar-refractivity contribution in [1.82, 2.24) is 4.90 Å². The number of likely N-dealkylation sites (tertiary alicyclic amines) is 1. The summed E-state index contributed by atoms with van der Waals surface area (Å²) < 4.78 is 39.2. The number of benzene rings is 1. The van der Waals surface area contributed by atoms with Crippen molar-refractivity contribution in [2.75, 3.05) is 7.05 Å². The third kappa shape index (κ3) is 2.92. The molecule has 1 aromatic carbocycles. The second kappa shape index (κ2) is 5.57. The molecule has 3 rings (SSSR count). The molecular weight excluding hydrogens is 315 g/mol. The molecule has 24 heavy (non-hydrogen) atoms. The van der Waals surface area contributed by atoms with E-state index in [1.165, 1.54) is 12.1 Å². The molecule has 1 fully saturated rings. The van der Waals surface area contributed by atoms with E-state index in [9.17, 15) is 18.3 Å². The Morgan fingerprint density at radius 2 is 1.92 bits per heavy atom. The summed E-state index contributed by atoms with van der Waals surface area (Å²) in [5, 5.41) is 9.85. The minimum atomic E-state index is -4.33. The van der Waals surface area contributed by atoms with Crippen molar-refractivity contribution in [2.45, 2.75) is 44.3 Å². The van der Waals surface area contributed by atoms with Gasteiger partial charge in [-0.3, -0.25) is 0 Å². The van der Waals surface area contributed by atoms with E-state index in [-0.39, 0.29) is 23.1 Å². The first-order valence-corrected chi connectivity index (χ1v) is 8.11. The van der Waals surface area contributed by atoms with E-state index in [1.807, 2.05) is 7.05 Å². The van der Waals surface area contributed by atoms with Crippen LogP contribution in [0.15, 0.2) is 47.9 Å². The van der Waals surface area contributed by atoms with Gasteiger partial charge in [-0.05, 0) is 56.4 Å². The Morgan fingerprint density at radius 3 is 2.58 bits per heavy atom. The van der Waals surface area contributed by atoms with Crippen LogP contribution in [0.25, 0.3) is 0 Å². The second-order valence-electron chi connectivity index (χ2n) is 7.35. The van der Waals surface area contributed by atoms with E-state index < -0.39 is 11.7 Å². The standard InChI is InChI=1S/C19H22F3NO/c1-18(2)11-16(12-5-4-6-13(9-12)19(20,21)22)15-8-7-14(24)10-17(15)23(18)3/h4-7,9-10,15-16,24H,8,11H2,1-3H3. The topological polar surface area (TPSA) is 23.5 Å². The highest BCUT2D eigenvalue weighted by Gasteiger charge is 2.43. The first-order chi connectivity index (χ1) is 11.1. The Morgan fingerprint density at radius 1 is 1.21 bits per heavy atom. The van der Waals surface area contributed by atoms with Crippen LogP contribution in [-0.2, 0) is 6.18 Å². The Hall–Kier alpha value is -1.91. The Balaban J connectivity index is 2.03. The molecule has 2 unspecified atom stereocenters. The number of allylic oxidation sites excluding steroid dienone is 3. The Bertz CT molecular complexity index is 703. The van der Waals surface area contributed by atoms with Crippen LogP contribution in [0.2, 0.25) is 0 Å². The van der Waals surface area contributed by atoms with E-state index >= 15 is 0 Å². The van der Waals surface area contributed by atoms with Crippen LogP contribution >= 0.6 is 0 Å². The van der Waals surface area contributed by atoms with Crippen LogP contribution in [0.1, 0.15) is 43.7 Å². The number of halogens is 3. The maximum atomic E-state index is 13.1. The zero-order chi connectivity index (χ0) is 17.7. The number of hydrogen-bond donors (Lipinski definition) is 1. The number of hydrogen-bond acceptors (Lipinski definition) is 2. The van der Waals surface area contributed by atoms with Crippen LogP contribution in [0, 0.1) is 5.92 Å². The summed E-state index contributed by atoms with van der Waals surface area (Å²) in [5.41, 5.74) is 0.917. The lowest BCUT2D eigenvalue weighted by Gasteiger charge is -2.51. The number of piperidine rings is 1. The van der Waals surface area contributed by atoms with E-state index in [1.54, 1.807) is 18.2 Å². The number of fused-ring (bicyclic) bond motifs is 1. The predicted octanol–water partition coefficient (Wildman–Crippen LogP) is 5.25. The van der Waals surface area contributed by atoms with Gasteiger partial charge in [0.05, 0.1) is 5.56 Å². The van der Waals surface area contributed by atoms with Crippen molar-refractivity contribution in [3.8, 4) is 0 Å². The highest BCUT2D eigenvalue weighted by atomic mass is 19.4. The summed E-state index contributed by atoms with van der Waals surface area (Å²) in [6.07, 6.45) is 0.567. The number of alkyl halides is 3. The normalized spacial score (nSPS) is 26.5. The molecule has 0 amide bonds. The summed E-state index contributed by atoms with van der Waals surface area (Å²) in [5.74, 6) is 0.310. The highest BCUT2D eigenvalue weighted by Crippen LogP contribution is 2.49. The van der Waals surface area contributed by atoms with E-state index in [2.05, 4.69) is 18.7 Å². The lowest BCUT2D eigenvalue weighted by molar-refractivity contribution is -0.137. The van der Waals surface area contributed by atoms with Gasteiger partial charge in [-0.2, -0.15) is 13.2 Å². The number of aliphatic hydroxyl groups is 1. The molecule has 5 heteroatoms. The van der Waals surface area contributed by atoms with E-state index in [0.29, 0.717) is 6.42 Å². The molecule has 0 bridgehead atoms. The summed E-state index contributed by atoms with van der Waals surface area (Å²) in [6.45, 7) is 4.17. The van der Waals surface area contributed by atoms with Gasteiger partial charge in [0.1, 0.15) is 5.76 Å². The number of nitrogens with zero attached hydrogens (tertiary/aromatic N) is 1. The SMILES string of the molecule is CN1C2=CC(O)=CCC2C(c2cccc(C(F)(F)F)c2)CC1(C)C. The smallest absolute Gasteiger partial charge is 0.416 e. The Labute approximate surface area is 140 Å². The lowest BCUT2D eigenvalue weighted by Crippen LogP contribution is -2.49. The quantitative estimate of drug-likeness (QED) is 0.757. The van der Waals surface area contributed by atoms with Gasteiger partial charge in [0, 0.05) is 24.2 Å². The number of rotatable bonds is 1. The van der Waals surface area contributed by atoms with Crippen LogP contribution in [0.4, 0.5) is 13.2 Å². The fourth-order valence-corrected chi connectivity index (χ4v) is 3.86.